The van der Waals surface area contributed by atoms with Crippen LogP contribution in [0.5, 0.6) is 0 Å². The molecule has 3 aromatic rings. The van der Waals surface area contributed by atoms with Gasteiger partial charge in [-0.25, -0.2) is 9.97 Å². The lowest BCUT2D eigenvalue weighted by molar-refractivity contribution is 0.900. The van der Waals surface area contributed by atoms with Crippen LogP contribution in [-0.4, -0.2) is 17.0 Å². The van der Waals surface area contributed by atoms with Crippen LogP contribution >= 0.6 is 0 Å². The van der Waals surface area contributed by atoms with Crippen molar-refractivity contribution in [2.45, 2.75) is 19.3 Å². The summed E-state index contributed by atoms with van der Waals surface area (Å²) >= 11 is 0. The maximum absolute atomic E-state index is 4.79. The summed E-state index contributed by atoms with van der Waals surface area (Å²) in [6, 6.07) is 14.8. The van der Waals surface area contributed by atoms with Crippen molar-refractivity contribution in [3.05, 3.63) is 53.7 Å². The van der Waals surface area contributed by atoms with Gasteiger partial charge in [0.05, 0.1) is 0 Å². The van der Waals surface area contributed by atoms with Gasteiger partial charge in [-0.2, -0.15) is 0 Å². The third kappa shape index (κ3) is 2.05. The molecule has 2 aromatic carbocycles. The smallest absolute Gasteiger partial charge is 0.161 e. The van der Waals surface area contributed by atoms with E-state index in [-0.39, 0.29) is 0 Å². The van der Waals surface area contributed by atoms with E-state index < -0.39 is 0 Å². The van der Waals surface area contributed by atoms with Crippen LogP contribution in [0.3, 0.4) is 0 Å². The molecular formula is C18H17N3. The molecule has 21 heavy (non-hydrogen) atoms. The first kappa shape index (κ1) is 12.3. The van der Waals surface area contributed by atoms with Crippen molar-refractivity contribution in [1.29, 1.82) is 0 Å². The van der Waals surface area contributed by atoms with E-state index in [1.807, 2.05) is 7.05 Å². The summed E-state index contributed by atoms with van der Waals surface area (Å²) in [6.07, 6.45) is 3.33. The molecule has 0 saturated heterocycles. The SMILES string of the molecule is CNc1nc(-c2ccc3ccccc3c2)nc2c1CCC2. The van der Waals surface area contributed by atoms with Crippen molar-refractivity contribution in [3.63, 3.8) is 0 Å². The zero-order chi connectivity index (χ0) is 14.2. The van der Waals surface area contributed by atoms with Gasteiger partial charge < -0.3 is 5.32 Å². The van der Waals surface area contributed by atoms with Crippen molar-refractivity contribution in [2.24, 2.45) is 0 Å². The third-order valence-corrected chi connectivity index (χ3v) is 4.18. The summed E-state index contributed by atoms with van der Waals surface area (Å²) in [6.45, 7) is 0. The van der Waals surface area contributed by atoms with Gasteiger partial charge in [0.2, 0.25) is 0 Å². The average Bonchev–Trinajstić information content (AvgIpc) is 3.02. The van der Waals surface area contributed by atoms with E-state index in [0.29, 0.717) is 0 Å². The van der Waals surface area contributed by atoms with Crippen LogP contribution in [0.2, 0.25) is 0 Å². The topological polar surface area (TPSA) is 37.8 Å². The molecule has 104 valence electrons. The highest BCUT2D eigenvalue weighted by Gasteiger charge is 2.19. The molecule has 1 aliphatic rings. The second-order valence-corrected chi connectivity index (χ2v) is 5.49. The molecule has 1 N–H and O–H groups in total. The minimum atomic E-state index is 0.825. The number of rotatable bonds is 2. The first-order chi connectivity index (χ1) is 10.3. The van der Waals surface area contributed by atoms with Gasteiger partial charge in [-0.3, -0.25) is 0 Å². The molecular weight excluding hydrogens is 258 g/mol. The predicted octanol–water partition coefficient (Wildman–Crippen LogP) is 3.83. The molecule has 0 radical (unpaired) electrons. The number of nitrogens with zero attached hydrogens (tertiary/aromatic N) is 2. The Labute approximate surface area is 124 Å². The highest BCUT2D eigenvalue weighted by molar-refractivity contribution is 5.86. The fraction of sp³-hybridized carbons (Fsp3) is 0.222. The van der Waals surface area contributed by atoms with Gasteiger partial charge in [0.25, 0.3) is 0 Å². The van der Waals surface area contributed by atoms with E-state index in [0.717, 1.165) is 30.0 Å². The fourth-order valence-corrected chi connectivity index (χ4v) is 3.10. The lowest BCUT2D eigenvalue weighted by Gasteiger charge is -2.10. The summed E-state index contributed by atoms with van der Waals surface area (Å²) < 4.78 is 0. The number of aryl methyl sites for hydroxylation is 1. The summed E-state index contributed by atoms with van der Waals surface area (Å²) in [7, 11) is 1.94. The van der Waals surface area contributed by atoms with Gasteiger partial charge in [-0.1, -0.05) is 36.4 Å². The molecule has 0 fully saturated rings. The van der Waals surface area contributed by atoms with E-state index in [1.165, 1.54) is 28.5 Å². The Hall–Kier alpha value is -2.42. The van der Waals surface area contributed by atoms with E-state index in [2.05, 4.69) is 47.8 Å². The van der Waals surface area contributed by atoms with Crippen LogP contribution in [0, 0.1) is 0 Å². The van der Waals surface area contributed by atoms with Crippen molar-refractivity contribution in [2.75, 3.05) is 12.4 Å². The summed E-state index contributed by atoms with van der Waals surface area (Å²) in [5.41, 5.74) is 3.58. The molecule has 0 spiro atoms. The van der Waals surface area contributed by atoms with Crippen molar-refractivity contribution >= 4 is 16.6 Å². The van der Waals surface area contributed by atoms with E-state index in [1.54, 1.807) is 0 Å². The highest BCUT2D eigenvalue weighted by atomic mass is 15.0. The van der Waals surface area contributed by atoms with E-state index >= 15 is 0 Å². The van der Waals surface area contributed by atoms with Crippen LogP contribution < -0.4 is 5.32 Å². The molecule has 0 amide bonds. The number of hydrogen-bond donors (Lipinski definition) is 1. The van der Waals surface area contributed by atoms with Crippen LogP contribution in [0.25, 0.3) is 22.2 Å². The third-order valence-electron chi connectivity index (χ3n) is 4.18. The van der Waals surface area contributed by atoms with Crippen LogP contribution in [-0.2, 0) is 12.8 Å². The van der Waals surface area contributed by atoms with Gasteiger partial charge in [-0.05, 0) is 36.1 Å². The maximum Gasteiger partial charge on any atom is 0.161 e. The Morgan fingerprint density at radius 1 is 0.952 bits per heavy atom. The normalized spacial score (nSPS) is 13.4. The molecule has 0 unspecified atom stereocenters. The predicted molar refractivity (Wildman–Crippen MR) is 86.5 cm³/mol. The Kier molecular flexibility index (Phi) is 2.85. The summed E-state index contributed by atoms with van der Waals surface area (Å²) in [5, 5.41) is 5.70. The van der Waals surface area contributed by atoms with Crippen molar-refractivity contribution in [1.82, 2.24) is 9.97 Å². The molecule has 0 atom stereocenters. The van der Waals surface area contributed by atoms with E-state index in [4.69, 9.17) is 9.97 Å². The Morgan fingerprint density at radius 2 is 1.81 bits per heavy atom. The first-order valence-electron chi connectivity index (χ1n) is 7.42. The van der Waals surface area contributed by atoms with Crippen LogP contribution in [0.1, 0.15) is 17.7 Å². The Bertz CT molecular complexity index is 824. The minimum Gasteiger partial charge on any atom is -0.373 e. The molecule has 3 nitrogen and oxygen atoms in total. The number of aromatic nitrogens is 2. The second kappa shape index (κ2) is 4.85. The molecule has 4 rings (SSSR count). The second-order valence-electron chi connectivity index (χ2n) is 5.49. The van der Waals surface area contributed by atoms with E-state index in [9.17, 15) is 0 Å². The van der Waals surface area contributed by atoms with Crippen molar-refractivity contribution in [3.8, 4) is 11.4 Å². The molecule has 3 heteroatoms. The summed E-state index contributed by atoms with van der Waals surface area (Å²) in [5.74, 6) is 1.81. The van der Waals surface area contributed by atoms with Gasteiger partial charge in [0.1, 0.15) is 5.82 Å². The number of benzene rings is 2. The first-order valence-corrected chi connectivity index (χ1v) is 7.42. The lowest BCUT2D eigenvalue weighted by Crippen LogP contribution is -2.03. The average molecular weight is 275 g/mol. The molecule has 1 aromatic heterocycles. The monoisotopic (exact) mass is 275 g/mol. The fourth-order valence-electron chi connectivity index (χ4n) is 3.10. The largest absolute Gasteiger partial charge is 0.373 e. The van der Waals surface area contributed by atoms with Crippen LogP contribution in [0.15, 0.2) is 42.5 Å². The highest BCUT2D eigenvalue weighted by Crippen LogP contribution is 2.30. The molecule has 1 aliphatic carbocycles. The number of anilines is 1. The molecule has 1 heterocycles. The van der Waals surface area contributed by atoms with Gasteiger partial charge in [0.15, 0.2) is 5.82 Å². The van der Waals surface area contributed by atoms with Gasteiger partial charge >= 0.3 is 0 Å². The molecule has 0 aliphatic heterocycles. The van der Waals surface area contributed by atoms with Crippen molar-refractivity contribution < 1.29 is 0 Å². The zero-order valence-corrected chi connectivity index (χ0v) is 12.1. The maximum atomic E-state index is 4.79. The standard InChI is InChI=1S/C18H17N3/c1-19-18-15-7-4-8-16(15)20-17(21-18)14-10-9-12-5-2-3-6-13(12)11-14/h2-3,5-6,9-11H,4,7-8H2,1H3,(H,19,20,21). The summed E-state index contributed by atoms with van der Waals surface area (Å²) in [4.78, 5) is 9.51. The zero-order valence-electron chi connectivity index (χ0n) is 12.1. The minimum absolute atomic E-state index is 0.825. The van der Waals surface area contributed by atoms with Crippen LogP contribution in [0.4, 0.5) is 5.82 Å². The van der Waals surface area contributed by atoms with Gasteiger partial charge in [0, 0.05) is 23.9 Å². The Morgan fingerprint density at radius 3 is 2.67 bits per heavy atom. The molecule has 0 saturated carbocycles. The number of fused-ring (bicyclic) bond motifs is 2. The number of nitrogens with one attached hydrogen (secondary N) is 1. The lowest BCUT2D eigenvalue weighted by atomic mass is 10.1. The molecule has 0 bridgehead atoms. The number of hydrogen-bond acceptors (Lipinski definition) is 3. The Balaban J connectivity index is 1.88. The van der Waals surface area contributed by atoms with Gasteiger partial charge in [-0.15, -0.1) is 0 Å². The quantitative estimate of drug-likeness (QED) is 0.772.